The fourth-order valence-electron chi connectivity index (χ4n) is 1.45. The summed E-state index contributed by atoms with van der Waals surface area (Å²) in [5.74, 6) is 0. The van der Waals surface area contributed by atoms with E-state index >= 15 is 0 Å². The van der Waals surface area contributed by atoms with Gasteiger partial charge in [-0.05, 0) is 24.7 Å². The topological polar surface area (TPSA) is 50.1 Å². The average Bonchev–Trinajstić information content (AvgIpc) is 2.25. The predicted molar refractivity (Wildman–Crippen MR) is 61.5 cm³/mol. The van der Waals surface area contributed by atoms with E-state index in [0.29, 0.717) is 13.1 Å². The van der Waals surface area contributed by atoms with Gasteiger partial charge in [0.15, 0.2) is 0 Å². The molecule has 0 aliphatic carbocycles. The molecule has 0 aliphatic rings. The van der Waals surface area contributed by atoms with E-state index in [9.17, 15) is 13.2 Å². The predicted octanol–water partition coefficient (Wildman–Crippen LogP) is 1.60. The molecule has 1 aromatic rings. The fraction of sp³-hybridized carbons (Fsp3) is 0.455. The molecule has 0 saturated carbocycles. The molecule has 0 spiro atoms. The van der Waals surface area contributed by atoms with Crippen LogP contribution in [0.3, 0.4) is 0 Å². The van der Waals surface area contributed by atoms with Crippen molar-refractivity contribution in [2.75, 3.05) is 25.9 Å². The lowest BCUT2D eigenvalue weighted by Crippen LogP contribution is -2.25. The molecule has 0 radical (unpaired) electrons. The average molecular weight is 247 g/mol. The van der Waals surface area contributed by atoms with E-state index in [1.807, 2.05) is 0 Å². The second-order valence-corrected chi connectivity index (χ2v) is 3.69. The van der Waals surface area contributed by atoms with E-state index in [-0.39, 0.29) is 17.8 Å². The third kappa shape index (κ3) is 4.24. The molecule has 0 atom stereocenters. The number of rotatable bonds is 5. The van der Waals surface area contributed by atoms with Gasteiger partial charge in [-0.3, -0.25) is 0 Å². The Morgan fingerprint density at radius 3 is 2.53 bits per heavy atom. The third-order valence-corrected chi connectivity index (χ3v) is 2.31. The van der Waals surface area contributed by atoms with Gasteiger partial charge in [0, 0.05) is 25.3 Å². The second-order valence-electron chi connectivity index (χ2n) is 3.69. The van der Waals surface area contributed by atoms with Crippen LogP contribution in [0.4, 0.5) is 18.9 Å². The molecule has 6 heteroatoms. The summed E-state index contributed by atoms with van der Waals surface area (Å²) in [6, 6.07) is 3.85. The van der Waals surface area contributed by atoms with Gasteiger partial charge in [0.05, 0.1) is 5.56 Å². The fourth-order valence-corrected chi connectivity index (χ4v) is 1.45. The number of anilines is 1. The molecular formula is C11H16F3N3. The van der Waals surface area contributed by atoms with Gasteiger partial charge in [-0.15, -0.1) is 0 Å². The first-order valence-electron chi connectivity index (χ1n) is 5.26. The zero-order valence-corrected chi connectivity index (χ0v) is 9.56. The van der Waals surface area contributed by atoms with Crippen molar-refractivity contribution in [3.05, 3.63) is 29.3 Å². The Bertz CT molecular complexity index is 363. The maximum absolute atomic E-state index is 12.7. The molecule has 0 heterocycles. The molecule has 0 aromatic heterocycles. The van der Waals surface area contributed by atoms with E-state index in [2.05, 4.69) is 10.6 Å². The summed E-state index contributed by atoms with van der Waals surface area (Å²) in [5, 5.41) is 5.83. The van der Waals surface area contributed by atoms with Gasteiger partial charge in [0.25, 0.3) is 0 Å². The van der Waals surface area contributed by atoms with Gasteiger partial charge in [-0.2, -0.15) is 13.2 Å². The SMILES string of the molecule is CNCCNCc1ccc(N)cc1C(F)(F)F. The summed E-state index contributed by atoms with van der Waals surface area (Å²) < 4.78 is 38.1. The van der Waals surface area contributed by atoms with Crippen LogP contribution in [0.15, 0.2) is 18.2 Å². The zero-order valence-electron chi connectivity index (χ0n) is 9.56. The van der Waals surface area contributed by atoms with Crippen molar-refractivity contribution < 1.29 is 13.2 Å². The normalized spacial score (nSPS) is 11.8. The molecule has 0 bridgehead atoms. The lowest BCUT2D eigenvalue weighted by molar-refractivity contribution is -0.138. The standard InChI is InChI=1S/C11H16F3N3/c1-16-4-5-17-7-8-2-3-9(15)6-10(8)11(12,13)14/h2-3,6,16-17H,4-5,7,15H2,1H3. The molecule has 0 aliphatic heterocycles. The van der Waals surface area contributed by atoms with Gasteiger partial charge < -0.3 is 16.4 Å². The number of likely N-dealkylation sites (N-methyl/N-ethyl adjacent to an activating group) is 1. The van der Waals surface area contributed by atoms with Crippen LogP contribution in [0.1, 0.15) is 11.1 Å². The van der Waals surface area contributed by atoms with E-state index < -0.39 is 11.7 Å². The van der Waals surface area contributed by atoms with E-state index in [0.717, 1.165) is 6.07 Å². The van der Waals surface area contributed by atoms with Crippen LogP contribution in [0.5, 0.6) is 0 Å². The molecular weight excluding hydrogens is 231 g/mol. The van der Waals surface area contributed by atoms with Crippen molar-refractivity contribution in [3.63, 3.8) is 0 Å². The molecule has 3 nitrogen and oxygen atoms in total. The Hall–Kier alpha value is -1.27. The van der Waals surface area contributed by atoms with Gasteiger partial charge >= 0.3 is 6.18 Å². The van der Waals surface area contributed by atoms with E-state index in [1.54, 1.807) is 7.05 Å². The monoisotopic (exact) mass is 247 g/mol. The van der Waals surface area contributed by atoms with Crippen molar-refractivity contribution in [1.82, 2.24) is 10.6 Å². The number of benzene rings is 1. The number of hydrogen-bond acceptors (Lipinski definition) is 3. The van der Waals surface area contributed by atoms with E-state index in [1.165, 1.54) is 12.1 Å². The highest BCUT2D eigenvalue weighted by molar-refractivity contribution is 5.45. The summed E-state index contributed by atoms with van der Waals surface area (Å²) in [6.07, 6.45) is -4.37. The smallest absolute Gasteiger partial charge is 0.399 e. The lowest BCUT2D eigenvalue weighted by Gasteiger charge is -2.14. The van der Waals surface area contributed by atoms with Crippen molar-refractivity contribution in [1.29, 1.82) is 0 Å². The van der Waals surface area contributed by atoms with Crippen LogP contribution in [0.2, 0.25) is 0 Å². The Morgan fingerprint density at radius 2 is 1.94 bits per heavy atom. The number of alkyl halides is 3. The van der Waals surface area contributed by atoms with Crippen LogP contribution in [-0.4, -0.2) is 20.1 Å². The lowest BCUT2D eigenvalue weighted by atomic mass is 10.1. The number of hydrogen-bond donors (Lipinski definition) is 3. The number of halogens is 3. The molecule has 1 aromatic carbocycles. The van der Waals surface area contributed by atoms with Crippen LogP contribution in [0, 0.1) is 0 Å². The molecule has 17 heavy (non-hydrogen) atoms. The van der Waals surface area contributed by atoms with Crippen molar-refractivity contribution in [3.8, 4) is 0 Å². The number of nitrogens with two attached hydrogens (primary N) is 1. The minimum absolute atomic E-state index is 0.122. The van der Waals surface area contributed by atoms with Gasteiger partial charge in [-0.1, -0.05) is 6.07 Å². The number of nitrogens with one attached hydrogen (secondary N) is 2. The van der Waals surface area contributed by atoms with Crippen LogP contribution < -0.4 is 16.4 Å². The maximum Gasteiger partial charge on any atom is 0.416 e. The first-order valence-corrected chi connectivity index (χ1v) is 5.26. The zero-order chi connectivity index (χ0) is 12.9. The molecule has 0 saturated heterocycles. The van der Waals surface area contributed by atoms with Gasteiger partial charge in [-0.25, -0.2) is 0 Å². The largest absolute Gasteiger partial charge is 0.416 e. The van der Waals surface area contributed by atoms with Crippen molar-refractivity contribution >= 4 is 5.69 Å². The Balaban J connectivity index is 2.77. The highest BCUT2D eigenvalue weighted by atomic mass is 19.4. The molecule has 4 N–H and O–H groups in total. The quantitative estimate of drug-likeness (QED) is 0.547. The second kappa shape index (κ2) is 5.88. The minimum Gasteiger partial charge on any atom is -0.399 e. The third-order valence-electron chi connectivity index (χ3n) is 2.31. The Kier molecular flexibility index (Phi) is 4.77. The summed E-state index contributed by atoms with van der Waals surface area (Å²) in [5.41, 5.74) is 5.03. The molecule has 0 unspecified atom stereocenters. The summed E-state index contributed by atoms with van der Waals surface area (Å²) in [7, 11) is 1.78. The minimum atomic E-state index is -4.37. The molecule has 0 amide bonds. The summed E-state index contributed by atoms with van der Waals surface area (Å²) in [4.78, 5) is 0. The first-order chi connectivity index (χ1) is 7.95. The van der Waals surface area contributed by atoms with Crippen LogP contribution >= 0.6 is 0 Å². The first kappa shape index (κ1) is 13.8. The summed E-state index contributed by atoms with van der Waals surface area (Å²) >= 11 is 0. The highest BCUT2D eigenvalue weighted by Crippen LogP contribution is 2.33. The van der Waals surface area contributed by atoms with Crippen molar-refractivity contribution in [2.24, 2.45) is 0 Å². The summed E-state index contributed by atoms with van der Waals surface area (Å²) in [6.45, 7) is 1.49. The van der Waals surface area contributed by atoms with Crippen molar-refractivity contribution in [2.45, 2.75) is 12.7 Å². The van der Waals surface area contributed by atoms with E-state index in [4.69, 9.17) is 5.73 Å². The maximum atomic E-state index is 12.7. The highest BCUT2D eigenvalue weighted by Gasteiger charge is 2.33. The molecule has 0 fully saturated rings. The Morgan fingerprint density at radius 1 is 1.24 bits per heavy atom. The van der Waals surface area contributed by atoms with Gasteiger partial charge in [0.1, 0.15) is 0 Å². The van der Waals surface area contributed by atoms with Crippen LogP contribution in [0.25, 0.3) is 0 Å². The van der Waals surface area contributed by atoms with Gasteiger partial charge in [0.2, 0.25) is 0 Å². The number of nitrogen functional groups attached to an aromatic ring is 1. The molecule has 1 rings (SSSR count). The Labute approximate surface area is 98.2 Å². The van der Waals surface area contributed by atoms with Crippen LogP contribution in [-0.2, 0) is 12.7 Å². The molecule has 96 valence electrons.